The van der Waals surface area contributed by atoms with Crippen molar-refractivity contribution in [1.82, 2.24) is 10.6 Å². The first-order chi connectivity index (χ1) is 11.5. The lowest BCUT2D eigenvalue weighted by molar-refractivity contribution is -0.125. The lowest BCUT2D eigenvalue weighted by Crippen LogP contribution is -2.55. The second-order valence-corrected chi connectivity index (χ2v) is 9.81. The van der Waals surface area contributed by atoms with E-state index in [1.165, 1.54) is 50.6 Å². The van der Waals surface area contributed by atoms with Crippen molar-refractivity contribution in [2.75, 3.05) is 0 Å². The molecule has 1 heterocycles. The number of carbonyl (C=O) groups excluding carboxylic acids is 1. The van der Waals surface area contributed by atoms with Crippen LogP contribution in [0, 0.1) is 28.6 Å². The summed E-state index contributed by atoms with van der Waals surface area (Å²) in [5, 5.41) is 7.20. The van der Waals surface area contributed by atoms with Crippen molar-refractivity contribution in [2.24, 2.45) is 28.6 Å². The number of piperidine rings is 1. The second kappa shape index (κ2) is 5.09. The van der Waals surface area contributed by atoms with Crippen LogP contribution in [0.25, 0.3) is 0 Å². The Hall–Kier alpha value is -0.830. The number of fused-ring (bicyclic) bond motifs is 5. The van der Waals surface area contributed by atoms with Gasteiger partial charge < -0.3 is 10.6 Å². The van der Waals surface area contributed by atoms with E-state index >= 15 is 0 Å². The Bertz CT molecular complexity index is 595. The second-order valence-electron chi connectivity index (χ2n) is 9.81. The van der Waals surface area contributed by atoms with Crippen LogP contribution in [0.2, 0.25) is 0 Å². The fourth-order valence-corrected chi connectivity index (χ4v) is 7.00. The molecule has 2 N–H and O–H groups in total. The molecule has 3 saturated carbocycles. The summed E-state index contributed by atoms with van der Waals surface area (Å²) in [4.78, 5) is 11.8. The summed E-state index contributed by atoms with van der Waals surface area (Å²) in [5.41, 5.74) is 1.98. The van der Waals surface area contributed by atoms with Crippen LogP contribution in [0.1, 0.15) is 71.6 Å². The number of amides is 1. The van der Waals surface area contributed by atoms with Crippen LogP contribution < -0.4 is 10.6 Å². The molecule has 0 aromatic heterocycles. The van der Waals surface area contributed by atoms with E-state index in [1.807, 2.05) is 0 Å². The predicted octanol–water partition coefficient (Wildman–Crippen LogP) is 3.75. The van der Waals surface area contributed by atoms with Crippen molar-refractivity contribution >= 4 is 5.91 Å². The predicted molar refractivity (Wildman–Crippen MR) is 95.2 cm³/mol. The molecule has 5 rings (SSSR count). The van der Waals surface area contributed by atoms with Crippen molar-refractivity contribution in [3.8, 4) is 0 Å². The first-order valence-electron chi connectivity index (χ1n) is 10.3. The molecule has 0 aromatic carbocycles. The quantitative estimate of drug-likeness (QED) is 0.810. The minimum atomic E-state index is 0.222. The Kier molecular flexibility index (Phi) is 3.27. The van der Waals surface area contributed by atoms with Gasteiger partial charge in [-0.05, 0) is 74.5 Å². The highest BCUT2D eigenvalue weighted by atomic mass is 16.1. The van der Waals surface area contributed by atoms with Gasteiger partial charge in [-0.25, -0.2) is 0 Å². The molecular formula is C21H32N2O. The number of nitrogens with one attached hydrogen (secondary N) is 2. The molecule has 6 atom stereocenters. The van der Waals surface area contributed by atoms with Crippen LogP contribution in [0.15, 0.2) is 11.8 Å². The number of hydrogen-bond acceptors (Lipinski definition) is 2. The van der Waals surface area contributed by atoms with Gasteiger partial charge in [-0.15, -0.1) is 0 Å². The number of carbonyl (C=O) groups is 1. The zero-order chi connectivity index (χ0) is 16.5. The smallest absolute Gasteiger partial charge is 0.224 e. The maximum atomic E-state index is 11.8. The van der Waals surface area contributed by atoms with Crippen molar-refractivity contribution in [1.29, 1.82) is 0 Å². The van der Waals surface area contributed by atoms with Crippen LogP contribution in [-0.4, -0.2) is 18.0 Å². The standard InChI is InChI=1S/C21H32N2O/c1-20-11-9-16-14(15(20)6-8-17(20)22-13-3-4-13)5-7-18-21(16,2)12-10-19(24)23-18/h7,13-17,22H,3-6,8-12H2,1-2H3,(H,23,24)/t14-,15-,16-,17-,20-,21+/m0/s1. The molecule has 4 aliphatic carbocycles. The first kappa shape index (κ1) is 15.4. The zero-order valence-electron chi connectivity index (χ0n) is 15.2. The molecule has 0 bridgehead atoms. The molecule has 1 saturated heterocycles. The Morgan fingerprint density at radius 1 is 1.08 bits per heavy atom. The van der Waals surface area contributed by atoms with E-state index in [1.54, 1.807) is 0 Å². The van der Waals surface area contributed by atoms with E-state index < -0.39 is 0 Å². The van der Waals surface area contributed by atoms with Crippen molar-refractivity contribution in [3.63, 3.8) is 0 Å². The highest BCUT2D eigenvalue weighted by Crippen LogP contribution is 2.63. The highest BCUT2D eigenvalue weighted by molar-refractivity contribution is 5.79. The molecule has 5 aliphatic rings. The van der Waals surface area contributed by atoms with Crippen LogP contribution in [0.3, 0.4) is 0 Å². The Balaban J connectivity index is 1.43. The molecule has 24 heavy (non-hydrogen) atoms. The van der Waals surface area contributed by atoms with E-state index in [4.69, 9.17) is 0 Å². The van der Waals surface area contributed by atoms with Crippen LogP contribution in [-0.2, 0) is 4.79 Å². The summed E-state index contributed by atoms with van der Waals surface area (Å²) >= 11 is 0. The topological polar surface area (TPSA) is 41.1 Å². The molecule has 0 spiro atoms. The third-order valence-corrected chi connectivity index (χ3v) is 8.62. The maximum absolute atomic E-state index is 11.8. The SMILES string of the molecule is C[C@]12CC[C@H]3[C@@H](CC=C4NC(=O)CC[C@@]43C)[C@@H]1CC[C@@H]2NC1CC1. The number of allylic oxidation sites excluding steroid dienone is 2. The Morgan fingerprint density at radius 2 is 1.92 bits per heavy atom. The Morgan fingerprint density at radius 3 is 2.71 bits per heavy atom. The van der Waals surface area contributed by atoms with E-state index in [9.17, 15) is 4.79 Å². The van der Waals surface area contributed by atoms with Crippen LogP contribution in [0.4, 0.5) is 0 Å². The summed E-state index contributed by atoms with van der Waals surface area (Å²) in [6.45, 7) is 5.03. The summed E-state index contributed by atoms with van der Waals surface area (Å²) in [6.07, 6.45) is 13.7. The zero-order valence-corrected chi connectivity index (χ0v) is 15.2. The minimum Gasteiger partial charge on any atom is -0.330 e. The molecular weight excluding hydrogens is 296 g/mol. The van der Waals surface area contributed by atoms with Gasteiger partial charge in [0, 0.05) is 29.6 Å². The summed E-state index contributed by atoms with van der Waals surface area (Å²) < 4.78 is 0. The van der Waals surface area contributed by atoms with Crippen LogP contribution >= 0.6 is 0 Å². The molecule has 3 heteroatoms. The fraction of sp³-hybridized carbons (Fsp3) is 0.857. The number of rotatable bonds is 2. The van der Waals surface area contributed by atoms with Gasteiger partial charge in [0.25, 0.3) is 0 Å². The van der Waals surface area contributed by atoms with Gasteiger partial charge in [0.1, 0.15) is 0 Å². The fourth-order valence-electron chi connectivity index (χ4n) is 7.00. The van der Waals surface area contributed by atoms with Gasteiger partial charge in [0.05, 0.1) is 0 Å². The molecule has 3 nitrogen and oxygen atoms in total. The lowest BCUT2D eigenvalue weighted by Gasteiger charge is -2.57. The van der Waals surface area contributed by atoms with E-state index in [2.05, 4.69) is 30.6 Å². The first-order valence-corrected chi connectivity index (χ1v) is 10.3. The Labute approximate surface area is 146 Å². The van der Waals surface area contributed by atoms with Crippen molar-refractivity contribution < 1.29 is 4.79 Å². The average molecular weight is 329 g/mol. The van der Waals surface area contributed by atoms with Crippen molar-refractivity contribution in [3.05, 3.63) is 11.8 Å². The van der Waals surface area contributed by atoms with Gasteiger partial charge in [-0.2, -0.15) is 0 Å². The lowest BCUT2D eigenvalue weighted by atomic mass is 9.49. The van der Waals surface area contributed by atoms with E-state index in [0.717, 1.165) is 36.3 Å². The summed E-state index contributed by atoms with van der Waals surface area (Å²) in [7, 11) is 0. The monoisotopic (exact) mass is 328 g/mol. The molecule has 0 unspecified atom stereocenters. The largest absolute Gasteiger partial charge is 0.330 e. The molecule has 132 valence electrons. The van der Waals surface area contributed by atoms with E-state index in [0.29, 0.717) is 11.8 Å². The van der Waals surface area contributed by atoms with Gasteiger partial charge in [-0.1, -0.05) is 19.9 Å². The molecule has 1 amide bonds. The summed E-state index contributed by atoms with van der Waals surface area (Å²) in [6, 6.07) is 1.58. The normalized spacial score (nSPS) is 50.4. The van der Waals surface area contributed by atoms with E-state index in [-0.39, 0.29) is 11.3 Å². The molecule has 4 fully saturated rings. The van der Waals surface area contributed by atoms with Crippen molar-refractivity contribution in [2.45, 2.75) is 83.7 Å². The van der Waals surface area contributed by atoms with Gasteiger partial charge in [0.2, 0.25) is 5.91 Å². The number of hydrogen-bond donors (Lipinski definition) is 2. The minimum absolute atomic E-state index is 0.222. The van der Waals surface area contributed by atoms with Gasteiger partial charge in [0.15, 0.2) is 0 Å². The third-order valence-electron chi connectivity index (χ3n) is 8.62. The molecule has 0 radical (unpaired) electrons. The molecule has 1 aliphatic heterocycles. The van der Waals surface area contributed by atoms with Gasteiger partial charge >= 0.3 is 0 Å². The third kappa shape index (κ3) is 2.09. The highest BCUT2D eigenvalue weighted by Gasteiger charge is 2.59. The molecule has 0 aromatic rings. The van der Waals surface area contributed by atoms with Crippen LogP contribution in [0.5, 0.6) is 0 Å². The maximum Gasteiger partial charge on any atom is 0.224 e. The average Bonchev–Trinajstić information content (AvgIpc) is 3.31. The summed E-state index contributed by atoms with van der Waals surface area (Å²) in [5.74, 6) is 2.71. The van der Waals surface area contributed by atoms with Gasteiger partial charge in [-0.3, -0.25) is 4.79 Å².